The minimum atomic E-state index is -1.27. The number of carboxylic acid groups (broad SMARTS) is 2. The summed E-state index contributed by atoms with van der Waals surface area (Å²) in [6.45, 7) is -1.19. The highest BCUT2D eigenvalue weighted by atomic mass is 16.4. The minimum absolute atomic E-state index is 0.151. The number of aromatic nitrogens is 2. The number of rotatable bonds is 6. The van der Waals surface area contributed by atoms with E-state index in [1.807, 2.05) is 0 Å². The molecule has 0 aliphatic carbocycles. The first-order valence-corrected chi connectivity index (χ1v) is 5.71. The number of amides is 2. The molecule has 0 fully saturated rings. The molecule has 0 saturated carbocycles. The van der Waals surface area contributed by atoms with E-state index in [0.717, 1.165) is 4.90 Å². The Hall–Kier alpha value is -2.58. The Morgan fingerprint density at radius 1 is 1.25 bits per heavy atom. The van der Waals surface area contributed by atoms with E-state index in [-0.39, 0.29) is 6.54 Å². The normalized spacial score (nSPS) is 10.1. The van der Waals surface area contributed by atoms with Crippen molar-refractivity contribution in [1.82, 2.24) is 19.4 Å². The number of carboxylic acids is 2. The van der Waals surface area contributed by atoms with Crippen LogP contribution in [0.25, 0.3) is 0 Å². The molecule has 0 atom stereocenters. The molecule has 9 heteroatoms. The number of imidazole rings is 1. The molecule has 20 heavy (non-hydrogen) atoms. The highest BCUT2D eigenvalue weighted by Crippen LogP contribution is 2.03. The lowest BCUT2D eigenvalue weighted by molar-refractivity contribution is -0.140. The molecule has 1 heterocycles. The van der Waals surface area contributed by atoms with Gasteiger partial charge in [-0.3, -0.25) is 9.59 Å². The van der Waals surface area contributed by atoms with E-state index in [1.165, 1.54) is 11.9 Å². The molecule has 110 valence electrons. The van der Waals surface area contributed by atoms with Crippen molar-refractivity contribution in [1.29, 1.82) is 0 Å². The molecule has 2 amide bonds. The highest BCUT2D eigenvalue weighted by Gasteiger charge is 2.23. The maximum atomic E-state index is 12.0. The Labute approximate surface area is 115 Å². The van der Waals surface area contributed by atoms with E-state index in [0.29, 0.717) is 5.82 Å². The van der Waals surface area contributed by atoms with E-state index in [2.05, 4.69) is 4.98 Å². The van der Waals surface area contributed by atoms with Gasteiger partial charge in [0.2, 0.25) is 0 Å². The quantitative estimate of drug-likeness (QED) is 0.723. The average Bonchev–Trinajstić information content (AvgIpc) is 2.72. The Morgan fingerprint density at radius 3 is 2.20 bits per heavy atom. The third-order valence-electron chi connectivity index (χ3n) is 2.55. The van der Waals surface area contributed by atoms with Crippen LogP contribution in [0.4, 0.5) is 4.79 Å². The number of carbonyl (C=O) groups excluding carboxylic acids is 1. The Morgan fingerprint density at radius 2 is 1.80 bits per heavy atom. The van der Waals surface area contributed by atoms with Gasteiger partial charge >= 0.3 is 18.0 Å². The number of hydrogen-bond donors (Lipinski definition) is 2. The molecule has 1 aromatic rings. The van der Waals surface area contributed by atoms with Gasteiger partial charge in [-0.25, -0.2) is 9.78 Å². The van der Waals surface area contributed by atoms with Crippen LogP contribution in [0.15, 0.2) is 12.4 Å². The summed E-state index contributed by atoms with van der Waals surface area (Å²) in [6, 6.07) is -0.683. The molecule has 0 aliphatic rings. The third kappa shape index (κ3) is 4.26. The van der Waals surface area contributed by atoms with Crippen molar-refractivity contribution in [2.24, 2.45) is 7.05 Å². The van der Waals surface area contributed by atoms with Crippen LogP contribution in [0.1, 0.15) is 5.82 Å². The largest absolute Gasteiger partial charge is 0.480 e. The topological polar surface area (TPSA) is 116 Å². The summed E-state index contributed by atoms with van der Waals surface area (Å²) in [5.74, 6) is -1.94. The van der Waals surface area contributed by atoms with Gasteiger partial charge in [0.1, 0.15) is 18.9 Å². The summed E-state index contributed by atoms with van der Waals surface area (Å²) in [6.07, 6.45) is 3.28. The standard InChI is InChI=1S/C11H16N4O5/c1-13-4-3-12-8(13)5-14(2)11(20)15(6-9(16)17)7-10(18)19/h3-4H,5-7H2,1-2H3,(H,16,17)(H,18,19). The van der Waals surface area contributed by atoms with Crippen LogP contribution in [0, 0.1) is 0 Å². The fraction of sp³-hybridized carbons (Fsp3) is 0.455. The second-order valence-corrected chi connectivity index (χ2v) is 4.24. The van der Waals surface area contributed by atoms with E-state index >= 15 is 0 Å². The number of aryl methyl sites for hydroxylation is 1. The predicted octanol–water partition coefficient (Wildman–Crippen LogP) is -0.557. The number of carbonyl (C=O) groups is 3. The second-order valence-electron chi connectivity index (χ2n) is 4.24. The molecular formula is C11H16N4O5. The molecule has 9 nitrogen and oxygen atoms in total. The molecule has 0 aliphatic heterocycles. The van der Waals surface area contributed by atoms with Crippen LogP contribution in [0.3, 0.4) is 0 Å². The molecule has 1 aromatic heterocycles. The summed E-state index contributed by atoms with van der Waals surface area (Å²) in [5, 5.41) is 17.4. The second kappa shape index (κ2) is 6.55. The van der Waals surface area contributed by atoms with Gasteiger partial charge in [0, 0.05) is 26.5 Å². The SMILES string of the molecule is CN(Cc1nccn1C)C(=O)N(CC(=O)O)CC(=O)O. The monoisotopic (exact) mass is 284 g/mol. The molecular weight excluding hydrogens is 268 g/mol. The lowest BCUT2D eigenvalue weighted by Crippen LogP contribution is -2.45. The molecule has 0 bridgehead atoms. The third-order valence-corrected chi connectivity index (χ3v) is 2.55. The summed E-state index contributed by atoms with van der Waals surface area (Å²) in [5.41, 5.74) is 0. The summed E-state index contributed by atoms with van der Waals surface area (Å²) >= 11 is 0. The van der Waals surface area contributed by atoms with Gasteiger partial charge in [0.15, 0.2) is 0 Å². The summed E-state index contributed by atoms with van der Waals surface area (Å²) < 4.78 is 1.71. The Kier molecular flexibility index (Phi) is 5.07. The maximum absolute atomic E-state index is 12.0. The Bertz CT molecular complexity index is 497. The number of urea groups is 1. The fourth-order valence-corrected chi connectivity index (χ4v) is 1.59. The Balaban J connectivity index is 2.74. The highest BCUT2D eigenvalue weighted by molar-refractivity contribution is 5.83. The minimum Gasteiger partial charge on any atom is -0.480 e. The summed E-state index contributed by atoms with van der Waals surface area (Å²) in [4.78, 5) is 39.4. The van der Waals surface area contributed by atoms with Crippen molar-refractivity contribution < 1.29 is 24.6 Å². The molecule has 0 unspecified atom stereocenters. The van der Waals surface area contributed by atoms with Gasteiger partial charge in [0.25, 0.3) is 0 Å². The molecule has 1 rings (SSSR count). The van der Waals surface area contributed by atoms with Crippen molar-refractivity contribution in [2.75, 3.05) is 20.1 Å². The van der Waals surface area contributed by atoms with Crippen molar-refractivity contribution in [3.8, 4) is 0 Å². The van der Waals surface area contributed by atoms with Gasteiger partial charge in [-0.15, -0.1) is 0 Å². The predicted molar refractivity (Wildman–Crippen MR) is 66.9 cm³/mol. The lowest BCUT2D eigenvalue weighted by atomic mass is 10.4. The average molecular weight is 284 g/mol. The van der Waals surface area contributed by atoms with E-state index in [1.54, 1.807) is 24.0 Å². The smallest absolute Gasteiger partial charge is 0.323 e. The van der Waals surface area contributed by atoms with Gasteiger partial charge in [0.05, 0.1) is 6.54 Å². The van der Waals surface area contributed by atoms with Gasteiger partial charge < -0.3 is 24.6 Å². The molecule has 0 aromatic carbocycles. The van der Waals surface area contributed by atoms with E-state index in [9.17, 15) is 14.4 Å². The molecule has 0 spiro atoms. The van der Waals surface area contributed by atoms with Crippen LogP contribution < -0.4 is 0 Å². The number of hydrogen-bond acceptors (Lipinski definition) is 4. The first-order chi connectivity index (χ1) is 9.31. The van der Waals surface area contributed by atoms with E-state index < -0.39 is 31.1 Å². The van der Waals surface area contributed by atoms with Crippen LogP contribution in [-0.2, 0) is 23.2 Å². The first kappa shape index (κ1) is 15.5. The zero-order valence-electron chi connectivity index (χ0n) is 11.2. The van der Waals surface area contributed by atoms with Gasteiger partial charge in [-0.2, -0.15) is 0 Å². The lowest BCUT2D eigenvalue weighted by Gasteiger charge is -2.25. The van der Waals surface area contributed by atoms with E-state index in [4.69, 9.17) is 10.2 Å². The summed E-state index contributed by atoms with van der Waals surface area (Å²) in [7, 11) is 3.21. The van der Waals surface area contributed by atoms with Crippen LogP contribution >= 0.6 is 0 Å². The van der Waals surface area contributed by atoms with Gasteiger partial charge in [-0.1, -0.05) is 0 Å². The van der Waals surface area contributed by atoms with Gasteiger partial charge in [-0.05, 0) is 0 Å². The zero-order valence-corrected chi connectivity index (χ0v) is 11.2. The fourth-order valence-electron chi connectivity index (χ4n) is 1.59. The number of nitrogens with zero attached hydrogens (tertiary/aromatic N) is 4. The van der Waals surface area contributed by atoms with Crippen molar-refractivity contribution in [2.45, 2.75) is 6.54 Å². The zero-order chi connectivity index (χ0) is 15.3. The molecule has 0 radical (unpaired) electrons. The van der Waals surface area contributed by atoms with Crippen molar-refractivity contribution >= 4 is 18.0 Å². The van der Waals surface area contributed by atoms with Crippen molar-refractivity contribution in [3.63, 3.8) is 0 Å². The van der Waals surface area contributed by atoms with Crippen LogP contribution in [0.2, 0.25) is 0 Å². The molecule has 2 N–H and O–H groups in total. The first-order valence-electron chi connectivity index (χ1n) is 5.71. The number of aliphatic carboxylic acids is 2. The van der Waals surface area contributed by atoms with Crippen LogP contribution in [-0.4, -0.2) is 67.7 Å². The molecule has 0 saturated heterocycles. The maximum Gasteiger partial charge on any atom is 0.323 e. The van der Waals surface area contributed by atoms with Crippen LogP contribution in [0.5, 0.6) is 0 Å². The van der Waals surface area contributed by atoms with Crippen molar-refractivity contribution in [3.05, 3.63) is 18.2 Å².